The molecular weight excluding hydrogens is 374 g/mol. The Labute approximate surface area is 138 Å². The Morgan fingerprint density at radius 3 is 2.68 bits per heavy atom. The zero-order valence-corrected chi connectivity index (χ0v) is 14.7. The van der Waals surface area contributed by atoms with E-state index in [9.17, 15) is 13.2 Å². The molecular formula is C14H18BrNO5S. The van der Waals surface area contributed by atoms with Crippen molar-refractivity contribution < 1.29 is 23.1 Å². The normalized spacial score (nSPS) is 23.2. The lowest BCUT2D eigenvalue weighted by atomic mass is 9.96. The molecule has 0 aromatic heterocycles. The molecule has 2 rings (SSSR count). The van der Waals surface area contributed by atoms with Crippen LogP contribution in [0.3, 0.4) is 0 Å². The maximum Gasteiger partial charge on any atom is 0.307 e. The number of hydrogen-bond donors (Lipinski definition) is 1. The predicted octanol–water partition coefficient (Wildman–Crippen LogP) is 2.33. The summed E-state index contributed by atoms with van der Waals surface area (Å²) in [6.07, 6.45) is 1.00. The van der Waals surface area contributed by atoms with Crippen molar-refractivity contribution in [3.8, 4) is 5.75 Å². The second-order valence-corrected chi connectivity index (χ2v) is 8.11. The van der Waals surface area contributed by atoms with Crippen molar-refractivity contribution in [1.29, 1.82) is 0 Å². The molecule has 1 aliphatic rings. The summed E-state index contributed by atoms with van der Waals surface area (Å²) in [6.45, 7) is 1.77. The number of hydrogen-bond acceptors (Lipinski definition) is 4. The van der Waals surface area contributed by atoms with Crippen LogP contribution in [0.2, 0.25) is 0 Å². The molecule has 0 spiro atoms. The summed E-state index contributed by atoms with van der Waals surface area (Å²) >= 11 is 3.26. The van der Waals surface area contributed by atoms with E-state index in [0.29, 0.717) is 17.3 Å². The van der Waals surface area contributed by atoms with E-state index in [4.69, 9.17) is 9.84 Å². The number of carboxylic acid groups (broad SMARTS) is 1. The zero-order valence-electron chi connectivity index (χ0n) is 12.3. The van der Waals surface area contributed by atoms with Gasteiger partial charge in [0.05, 0.1) is 13.0 Å². The molecule has 2 unspecified atom stereocenters. The van der Waals surface area contributed by atoms with Gasteiger partial charge in [0.1, 0.15) is 10.6 Å². The Bertz CT molecular complexity index is 676. The van der Waals surface area contributed by atoms with Gasteiger partial charge in [0.15, 0.2) is 0 Å². The Kier molecular flexibility index (Phi) is 5.14. The summed E-state index contributed by atoms with van der Waals surface area (Å²) in [5, 5.41) is 9.17. The third-order valence-corrected chi connectivity index (χ3v) is 6.38. The summed E-state index contributed by atoms with van der Waals surface area (Å²) in [5.41, 5.74) is 0. The van der Waals surface area contributed by atoms with Crippen LogP contribution < -0.4 is 4.74 Å². The van der Waals surface area contributed by atoms with Gasteiger partial charge < -0.3 is 9.84 Å². The first-order valence-corrected chi connectivity index (χ1v) is 9.09. The second-order valence-electron chi connectivity index (χ2n) is 5.33. The fourth-order valence-corrected chi connectivity index (χ4v) is 4.99. The van der Waals surface area contributed by atoms with E-state index in [1.54, 1.807) is 19.1 Å². The van der Waals surface area contributed by atoms with Gasteiger partial charge in [-0.2, -0.15) is 4.31 Å². The van der Waals surface area contributed by atoms with E-state index in [-0.39, 0.29) is 23.2 Å². The van der Waals surface area contributed by atoms with Gasteiger partial charge in [-0.3, -0.25) is 4.79 Å². The molecule has 1 aliphatic heterocycles. The Hall–Kier alpha value is -1.12. The minimum absolute atomic E-state index is 0.0193. The summed E-state index contributed by atoms with van der Waals surface area (Å²) in [4.78, 5) is 11.2. The van der Waals surface area contributed by atoms with E-state index < -0.39 is 21.9 Å². The zero-order chi connectivity index (χ0) is 16.5. The highest BCUT2D eigenvalue weighted by atomic mass is 79.9. The average molecular weight is 392 g/mol. The van der Waals surface area contributed by atoms with Crippen molar-refractivity contribution in [2.24, 2.45) is 5.92 Å². The molecule has 1 aromatic rings. The highest BCUT2D eigenvalue weighted by Gasteiger charge is 2.38. The fraction of sp³-hybridized carbons (Fsp3) is 0.500. The predicted molar refractivity (Wildman–Crippen MR) is 84.4 cm³/mol. The van der Waals surface area contributed by atoms with Crippen molar-refractivity contribution in [2.45, 2.75) is 30.7 Å². The average Bonchev–Trinajstić information content (AvgIpc) is 2.47. The molecule has 1 fully saturated rings. The van der Waals surface area contributed by atoms with Gasteiger partial charge in [0.25, 0.3) is 0 Å². The number of piperidine rings is 1. The number of nitrogens with zero attached hydrogens (tertiary/aromatic N) is 1. The quantitative estimate of drug-likeness (QED) is 0.851. The van der Waals surface area contributed by atoms with Gasteiger partial charge in [-0.1, -0.05) is 15.9 Å². The number of aliphatic carboxylic acids is 1. The van der Waals surface area contributed by atoms with Crippen molar-refractivity contribution in [2.75, 3.05) is 13.7 Å². The molecule has 2 atom stereocenters. The van der Waals surface area contributed by atoms with E-state index in [1.807, 2.05) is 0 Å². The first kappa shape index (κ1) is 17.2. The number of ether oxygens (including phenoxy) is 1. The highest BCUT2D eigenvalue weighted by molar-refractivity contribution is 9.10. The molecule has 0 saturated carbocycles. The molecule has 1 saturated heterocycles. The Morgan fingerprint density at radius 2 is 2.09 bits per heavy atom. The largest absolute Gasteiger partial charge is 0.495 e. The molecule has 0 aliphatic carbocycles. The van der Waals surface area contributed by atoms with Gasteiger partial charge in [-0.25, -0.2) is 8.42 Å². The summed E-state index contributed by atoms with van der Waals surface area (Å²) < 4.78 is 32.9. The first-order chi connectivity index (χ1) is 10.3. The van der Waals surface area contributed by atoms with Gasteiger partial charge >= 0.3 is 5.97 Å². The van der Waals surface area contributed by atoms with Crippen LogP contribution in [0.15, 0.2) is 27.6 Å². The van der Waals surface area contributed by atoms with E-state index in [1.165, 1.54) is 17.5 Å². The van der Waals surface area contributed by atoms with Crippen molar-refractivity contribution >= 4 is 31.9 Å². The third-order valence-electron chi connectivity index (χ3n) is 3.89. The van der Waals surface area contributed by atoms with Gasteiger partial charge in [0.2, 0.25) is 10.0 Å². The molecule has 1 heterocycles. The number of sulfonamides is 1. The van der Waals surface area contributed by atoms with Crippen molar-refractivity contribution in [3.05, 3.63) is 22.7 Å². The SMILES string of the molecule is COc1ccc(Br)cc1S(=O)(=O)N1CC(C(=O)O)CCC1C. The number of benzene rings is 1. The molecule has 6 nitrogen and oxygen atoms in total. The number of rotatable bonds is 4. The van der Waals surface area contributed by atoms with Crippen LogP contribution in [0.25, 0.3) is 0 Å². The first-order valence-electron chi connectivity index (χ1n) is 6.85. The number of carbonyl (C=O) groups is 1. The number of methoxy groups -OCH3 is 1. The lowest BCUT2D eigenvalue weighted by Crippen LogP contribution is -2.47. The van der Waals surface area contributed by atoms with Crippen molar-refractivity contribution in [3.63, 3.8) is 0 Å². The standard InChI is InChI=1S/C14H18BrNO5S/c1-9-3-4-10(14(17)18)8-16(9)22(19,20)13-7-11(15)5-6-12(13)21-2/h5-7,9-10H,3-4,8H2,1-2H3,(H,17,18). The van der Waals surface area contributed by atoms with Crippen LogP contribution in [-0.2, 0) is 14.8 Å². The molecule has 22 heavy (non-hydrogen) atoms. The smallest absolute Gasteiger partial charge is 0.307 e. The van der Waals surface area contributed by atoms with Gasteiger partial charge in [0, 0.05) is 17.1 Å². The Balaban J connectivity index is 2.44. The van der Waals surface area contributed by atoms with Gasteiger partial charge in [-0.05, 0) is 38.0 Å². The molecule has 0 radical (unpaired) electrons. The van der Waals surface area contributed by atoms with Crippen LogP contribution in [-0.4, -0.2) is 43.5 Å². The monoisotopic (exact) mass is 391 g/mol. The molecule has 1 N–H and O–H groups in total. The van der Waals surface area contributed by atoms with Crippen LogP contribution in [0.4, 0.5) is 0 Å². The highest BCUT2D eigenvalue weighted by Crippen LogP contribution is 2.34. The lowest BCUT2D eigenvalue weighted by molar-refractivity contribution is -0.143. The minimum atomic E-state index is -3.83. The Morgan fingerprint density at radius 1 is 1.41 bits per heavy atom. The second kappa shape index (κ2) is 6.55. The lowest BCUT2D eigenvalue weighted by Gasteiger charge is -2.35. The maximum atomic E-state index is 12.9. The van der Waals surface area contributed by atoms with E-state index in [2.05, 4.69) is 15.9 Å². The molecule has 0 bridgehead atoms. The molecule has 1 aromatic carbocycles. The van der Waals surface area contributed by atoms with Crippen LogP contribution >= 0.6 is 15.9 Å². The topological polar surface area (TPSA) is 83.9 Å². The number of halogens is 1. The van der Waals surface area contributed by atoms with Crippen LogP contribution in [0, 0.1) is 5.92 Å². The summed E-state index contributed by atoms with van der Waals surface area (Å²) in [6, 6.07) is 4.49. The summed E-state index contributed by atoms with van der Waals surface area (Å²) in [7, 11) is -2.42. The van der Waals surface area contributed by atoms with Crippen molar-refractivity contribution in [1.82, 2.24) is 4.31 Å². The third kappa shape index (κ3) is 3.28. The van der Waals surface area contributed by atoms with Crippen LogP contribution in [0.1, 0.15) is 19.8 Å². The fourth-order valence-electron chi connectivity index (χ4n) is 2.59. The summed E-state index contributed by atoms with van der Waals surface area (Å²) in [5.74, 6) is -1.40. The minimum Gasteiger partial charge on any atom is -0.495 e. The molecule has 122 valence electrons. The molecule has 0 amide bonds. The van der Waals surface area contributed by atoms with E-state index in [0.717, 1.165) is 0 Å². The number of carboxylic acids is 1. The van der Waals surface area contributed by atoms with Gasteiger partial charge in [-0.15, -0.1) is 0 Å². The maximum absolute atomic E-state index is 12.9. The molecule has 8 heteroatoms. The van der Waals surface area contributed by atoms with E-state index >= 15 is 0 Å². The van der Waals surface area contributed by atoms with Crippen LogP contribution in [0.5, 0.6) is 5.75 Å².